The fraction of sp³-hybridized carbons (Fsp3) is 0.214. The monoisotopic (exact) mass is 292 g/mol. The summed E-state index contributed by atoms with van der Waals surface area (Å²) >= 11 is 6.07. The van der Waals surface area contributed by atoms with E-state index in [1.807, 2.05) is 6.07 Å². The van der Waals surface area contributed by atoms with E-state index in [1.54, 1.807) is 18.2 Å². The number of hydrogen-bond acceptors (Lipinski definition) is 4. The summed E-state index contributed by atoms with van der Waals surface area (Å²) in [4.78, 5) is 19.4. The smallest absolute Gasteiger partial charge is 0.312 e. The number of hydrogen-bond donors (Lipinski definition) is 1. The van der Waals surface area contributed by atoms with Crippen molar-refractivity contribution in [1.29, 1.82) is 0 Å². The van der Waals surface area contributed by atoms with Crippen molar-refractivity contribution in [2.24, 2.45) is 0 Å². The molecule has 1 heterocycles. The van der Waals surface area contributed by atoms with E-state index >= 15 is 0 Å². The molecule has 1 atom stereocenters. The summed E-state index contributed by atoms with van der Waals surface area (Å²) in [6, 6.07) is 8.68. The Bertz CT molecular complexity index is 619. The van der Waals surface area contributed by atoms with Crippen LogP contribution in [0.1, 0.15) is 17.2 Å². The van der Waals surface area contributed by atoms with Gasteiger partial charge in [0.15, 0.2) is 0 Å². The first-order chi connectivity index (χ1) is 9.61. The maximum atomic E-state index is 11.5. The van der Waals surface area contributed by atoms with Crippen molar-refractivity contribution in [1.82, 2.24) is 9.97 Å². The highest BCUT2D eigenvalue weighted by atomic mass is 35.5. The topological polar surface area (TPSA) is 72.3 Å². The Morgan fingerprint density at radius 2 is 2.15 bits per heavy atom. The molecular weight excluding hydrogens is 280 g/mol. The molecule has 0 saturated heterocycles. The summed E-state index contributed by atoms with van der Waals surface area (Å²) in [5, 5.41) is 9.94. The average molecular weight is 293 g/mol. The van der Waals surface area contributed by atoms with E-state index in [0.717, 1.165) is 5.56 Å². The van der Waals surface area contributed by atoms with Crippen molar-refractivity contribution in [3.63, 3.8) is 0 Å². The van der Waals surface area contributed by atoms with E-state index in [2.05, 4.69) is 9.97 Å². The summed E-state index contributed by atoms with van der Waals surface area (Å²) < 4.78 is 4.99. The van der Waals surface area contributed by atoms with E-state index in [9.17, 15) is 9.90 Å². The molecular formula is C14H13ClN2O3. The van der Waals surface area contributed by atoms with Crippen LogP contribution in [0.25, 0.3) is 0 Å². The molecule has 20 heavy (non-hydrogen) atoms. The second kappa shape index (κ2) is 6.34. The first kappa shape index (κ1) is 14.3. The zero-order valence-corrected chi connectivity index (χ0v) is 11.5. The average Bonchev–Trinajstić information content (AvgIpc) is 2.46. The number of aliphatic carboxylic acids is 1. The van der Waals surface area contributed by atoms with Crippen molar-refractivity contribution in [3.8, 4) is 5.88 Å². The van der Waals surface area contributed by atoms with Crippen molar-refractivity contribution in [3.05, 3.63) is 52.9 Å². The largest absolute Gasteiger partial charge is 0.481 e. The van der Waals surface area contributed by atoms with Crippen molar-refractivity contribution in [2.75, 3.05) is 7.11 Å². The third-order valence-corrected chi connectivity index (χ3v) is 3.28. The molecule has 1 aromatic carbocycles. The van der Waals surface area contributed by atoms with Gasteiger partial charge in [-0.15, -0.1) is 0 Å². The number of carboxylic acid groups (broad SMARTS) is 1. The van der Waals surface area contributed by atoms with Crippen LogP contribution in [0.4, 0.5) is 0 Å². The number of aromatic nitrogens is 2. The molecule has 0 bridgehead atoms. The van der Waals surface area contributed by atoms with E-state index in [4.69, 9.17) is 16.3 Å². The third kappa shape index (κ3) is 3.24. The van der Waals surface area contributed by atoms with Crippen LogP contribution in [0.15, 0.2) is 36.7 Å². The van der Waals surface area contributed by atoms with Gasteiger partial charge in [0.2, 0.25) is 5.88 Å². The molecule has 0 saturated carbocycles. The van der Waals surface area contributed by atoms with Crippen LogP contribution in [0, 0.1) is 0 Å². The zero-order valence-electron chi connectivity index (χ0n) is 10.8. The molecule has 0 aliphatic rings. The number of carbonyl (C=O) groups is 1. The normalized spacial score (nSPS) is 11.9. The highest BCUT2D eigenvalue weighted by Gasteiger charge is 2.23. The Balaban J connectivity index is 2.32. The summed E-state index contributed by atoms with van der Waals surface area (Å²) in [6.07, 6.45) is 1.55. The predicted molar refractivity (Wildman–Crippen MR) is 74.1 cm³/mol. The van der Waals surface area contributed by atoms with Crippen molar-refractivity contribution < 1.29 is 14.6 Å². The number of carboxylic acids is 1. The Labute approximate surface area is 121 Å². The second-order valence-electron chi connectivity index (χ2n) is 4.17. The maximum absolute atomic E-state index is 11.5. The number of methoxy groups -OCH3 is 1. The highest BCUT2D eigenvalue weighted by molar-refractivity contribution is 6.31. The number of rotatable bonds is 5. The van der Waals surface area contributed by atoms with Gasteiger partial charge < -0.3 is 9.84 Å². The second-order valence-corrected chi connectivity index (χ2v) is 4.58. The number of ether oxygens (including phenoxy) is 1. The van der Waals surface area contributed by atoms with Gasteiger partial charge in [0.05, 0.1) is 12.8 Å². The van der Waals surface area contributed by atoms with Crippen LogP contribution in [0.5, 0.6) is 5.88 Å². The fourth-order valence-electron chi connectivity index (χ4n) is 1.86. The lowest BCUT2D eigenvalue weighted by Crippen LogP contribution is -2.16. The van der Waals surface area contributed by atoms with Gasteiger partial charge in [0.25, 0.3) is 0 Å². The van der Waals surface area contributed by atoms with Gasteiger partial charge in [-0.2, -0.15) is 0 Å². The molecule has 5 nitrogen and oxygen atoms in total. The summed E-state index contributed by atoms with van der Waals surface area (Å²) in [5.74, 6) is -1.43. The van der Waals surface area contributed by atoms with Crippen LogP contribution >= 0.6 is 11.6 Å². The Kier molecular flexibility index (Phi) is 4.53. The van der Waals surface area contributed by atoms with Crippen molar-refractivity contribution >= 4 is 17.6 Å². The van der Waals surface area contributed by atoms with E-state index < -0.39 is 11.9 Å². The van der Waals surface area contributed by atoms with Crippen LogP contribution in [-0.4, -0.2) is 28.2 Å². The maximum Gasteiger partial charge on any atom is 0.312 e. The number of nitrogens with zero attached hydrogens (tertiary/aromatic N) is 2. The SMILES string of the molecule is COc1cc(C(Cc2ccccc2Cl)C(=O)O)ncn1. The molecule has 0 aliphatic heterocycles. The number of benzene rings is 1. The summed E-state index contributed by atoms with van der Waals surface area (Å²) in [5.41, 5.74) is 1.16. The van der Waals surface area contributed by atoms with E-state index in [-0.39, 0.29) is 6.42 Å². The van der Waals surface area contributed by atoms with Crippen LogP contribution in [0.2, 0.25) is 5.02 Å². The molecule has 6 heteroatoms. The first-order valence-electron chi connectivity index (χ1n) is 5.94. The van der Waals surface area contributed by atoms with Crippen LogP contribution in [-0.2, 0) is 11.2 Å². The molecule has 2 rings (SSSR count). The molecule has 1 N–H and O–H groups in total. The fourth-order valence-corrected chi connectivity index (χ4v) is 2.07. The molecule has 2 aromatic rings. The Morgan fingerprint density at radius 3 is 2.80 bits per heavy atom. The molecule has 1 unspecified atom stereocenters. The first-order valence-corrected chi connectivity index (χ1v) is 6.31. The number of halogens is 1. The van der Waals surface area contributed by atoms with Gasteiger partial charge >= 0.3 is 5.97 Å². The van der Waals surface area contributed by atoms with E-state index in [0.29, 0.717) is 16.6 Å². The minimum Gasteiger partial charge on any atom is -0.481 e. The molecule has 1 aromatic heterocycles. The van der Waals surface area contributed by atoms with Crippen LogP contribution in [0.3, 0.4) is 0 Å². The predicted octanol–water partition coefficient (Wildman–Crippen LogP) is 2.55. The standard InChI is InChI=1S/C14H13ClN2O3/c1-20-13-7-12(16-8-17-13)10(14(18)19)6-9-4-2-3-5-11(9)15/h2-5,7-8,10H,6H2,1H3,(H,18,19). The molecule has 0 fully saturated rings. The van der Waals surface area contributed by atoms with Gasteiger partial charge in [-0.1, -0.05) is 29.8 Å². The van der Waals surface area contributed by atoms with Gasteiger partial charge in [0.1, 0.15) is 12.2 Å². The lowest BCUT2D eigenvalue weighted by atomic mass is 9.96. The van der Waals surface area contributed by atoms with Gasteiger partial charge in [-0.3, -0.25) is 4.79 Å². The minimum absolute atomic E-state index is 0.259. The lowest BCUT2D eigenvalue weighted by molar-refractivity contribution is -0.138. The Hall–Kier alpha value is -2.14. The molecule has 104 valence electrons. The lowest BCUT2D eigenvalue weighted by Gasteiger charge is -2.13. The molecule has 0 aliphatic carbocycles. The highest BCUT2D eigenvalue weighted by Crippen LogP contribution is 2.25. The Morgan fingerprint density at radius 1 is 1.40 bits per heavy atom. The summed E-state index contributed by atoms with van der Waals surface area (Å²) in [6.45, 7) is 0. The molecule has 0 radical (unpaired) electrons. The van der Waals surface area contributed by atoms with Crippen LogP contribution < -0.4 is 4.74 Å². The van der Waals surface area contributed by atoms with Gasteiger partial charge in [-0.05, 0) is 18.1 Å². The summed E-state index contributed by atoms with van der Waals surface area (Å²) in [7, 11) is 1.47. The van der Waals surface area contributed by atoms with Gasteiger partial charge in [0, 0.05) is 11.1 Å². The van der Waals surface area contributed by atoms with Crippen molar-refractivity contribution in [2.45, 2.75) is 12.3 Å². The zero-order chi connectivity index (χ0) is 14.5. The molecule has 0 amide bonds. The quantitative estimate of drug-likeness (QED) is 0.917. The third-order valence-electron chi connectivity index (χ3n) is 2.91. The van der Waals surface area contributed by atoms with E-state index in [1.165, 1.54) is 19.5 Å². The van der Waals surface area contributed by atoms with Gasteiger partial charge in [-0.25, -0.2) is 9.97 Å². The molecule has 0 spiro atoms. The minimum atomic E-state index is -0.967.